The van der Waals surface area contributed by atoms with Crippen molar-refractivity contribution in [3.63, 3.8) is 0 Å². The Bertz CT molecular complexity index is 513. The van der Waals surface area contributed by atoms with Crippen LogP contribution in [0.25, 0.3) is 0 Å². The van der Waals surface area contributed by atoms with Crippen molar-refractivity contribution < 1.29 is 9.59 Å². The third-order valence-corrected chi connectivity index (χ3v) is 4.41. The van der Waals surface area contributed by atoms with Crippen molar-refractivity contribution in [2.75, 3.05) is 0 Å². The number of hydrogen-bond acceptors (Lipinski definition) is 2. The summed E-state index contributed by atoms with van der Waals surface area (Å²) < 4.78 is 1.87. The summed E-state index contributed by atoms with van der Waals surface area (Å²) in [5, 5.41) is 3.09. The molecule has 0 saturated heterocycles. The second-order valence-corrected chi connectivity index (χ2v) is 6.05. The number of carbonyl (C=O) groups excluding carboxylic acids is 2. The summed E-state index contributed by atoms with van der Waals surface area (Å²) in [5.41, 5.74) is 1.94. The number of aromatic nitrogens is 1. The summed E-state index contributed by atoms with van der Waals surface area (Å²) in [6.45, 7) is 0.330. The van der Waals surface area contributed by atoms with Crippen LogP contribution in [0.15, 0.2) is 12.4 Å². The Balaban J connectivity index is 1.64. The fourth-order valence-electron chi connectivity index (χ4n) is 3.34. The molecule has 1 amide bonds. The second-order valence-electron chi connectivity index (χ2n) is 6.05. The molecule has 4 heteroatoms. The number of nitrogens with zero attached hydrogens (tertiary/aromatic N) is 1. The van der Waals surface area contributed by atoms with E-state index in [0.717, 1.165) is 43.2 Å². The van der Waals surface area contributed by atoms with Gasteiger partial charge in [0.05, 0.1) is 0 Å². The minimum Gasteiger partial charge on any atom is -0.352 e. The first-order chi connectivity index (χ1) is 9.72. The summed E-state index contributed by atoms with van der Waals surface area (Å²) in [6, 6.07) is 0.359. The van der Waals surface area contributed by atoms with Crippen LogP contribution in [0.4, 0.5) is 0 Å². The van der Waals surface area contributed by atoms with E-state index in [1.807, 2.05) is 17.0 Å². The molecular formula is C16H22N2O2. The number of Topliss-reactive ketones (excluding diaryl/α,β-unsaturated/α-hetero) is 1. The van der Waals surface area contributed by atoms with Crippen molar-refractivity contribution in [1.82, 2.24) is 9.88 Å². The van der Waals surface area contributed by atoms with Gasteiger partial charge in [0.1, 0.15) is 6.54 Å². The molecule has 0 atom stereocenters. The maximum Gasteiger partial charge on any atom is 0.240 e. The van der Waals surface area contributed by atoms with Crippen LogP contribution in [-0.2, 0) is 17.8 Å². The highest BCUT2D eigenvalue weighted by Gasteiger charge is 2.20. The molecule has 1 fully saturated rings. The van der Waals surface area contributed by atoms with Gasteiger partial charge in [0.2, 0.25) is 5.91 Å². The van der Waals surface area contributed by atoms with Crippen molar-refractivity contribution in [1.29, 1.82) is 0 Å². The zero-order chi connectivity index (χ0) is 13.9. The number of nitrogens with one attached hydrogen (secondary N) is 1. The Hall–Kier alpha value is -1.58. The molecule has 0 bridgehead atoms. The minimum atomic E-state index is 0.0644. The van der Waals surface area contributed by atoms with Gasteiger partial charge in [-0.05, 0) is 37.7 Å². The van der Waals surface area contributed by atoms with Crippen molar-refractivity contribution in [3.05, 3.63) is 23.5 Å². The number of fused-ring (bicyclic) bond motifs is 1. The predicted molar refractivity (Wildman–Crippen MR) is 76.7 cm³/mol. The third-order valence-electron chi connectivity index (χ3n) is 4.41. The number of amides is 1. The fraction of sp³-hybridized carbons (Fsp3) is 0.625. The van der Waals surface area contributed by atoms with Gasteiger partial charge in [0, 0.05) is 30.4 Å². The van der Waals surface area contributed by atoms with Gasteiger partial charge in [-0.15, -0.1) is 0 Å². The van der Waals surface area contributed by atoms with Crippen LogP contribution in [0.5, 0.6) is 0 Å². The molecule has 0 aromatic carbocycles. The van der Waals surface area contributed by atoms with Gasteiger partial charge in [0.25, 0.3) is 0 Å². The number of aryl methyl sites for hydroxylation is 1. The molecule has 1 saturated carbocycles. The van der Waals surface area contributed by atoms with Gasteiger partial charge in [-0.1, -0.05) is 12.8 Å². The molecule has 1 aromatic rings. The van der Waals surface area contributed by atoms with Crippen molar-refractivity contribution in [3.8, 4) is 0 Å². The topological polar surface area (TPSA) is 51.1 Å². The van der Waals surface area contributed by atoms with Gasteiger partial charge >= 0.3 is 0 Å². The first kappa shape index (κ1) is 13.4. The molecule has 0 unspecified atom stereocenters. The number of rotatable bonds is 3. The van der Waals surface area contributed by atoms with E-state index in [2.05, 4.69) is 5.32 Å². The lowest BCUT2D eigenvalue weighted by atomic mass is 10.1. The molecule has 0 radical (unpaired) electrons. The molecule has 108 valence electrons. The van der Waals surface area contributed by atoms with E-state index in [0.29, 0.717) is 19.0 Å². The zero-order valence-corrected chi connectivity index (χ0v) is 11.9. The Morgan fingerprint density at radius 3 is 2.70 bits per heavy atom. The summed E-state index contributed by atoms with van der Waals surface area (Å²) in [7, 11) is 0. The normalized spacial score (nSPS) is 19.7. The number of hydrogen-bond donors (Lipinski definition) is 1. The Labute approximate surface area is 119 Å². The first-order valence-corrected chi connectivity index (χ1v) is 7.73. The Morgan fingerprint density at radius 1 is 1.15 bits per heavy atom. The molecular weight excluding hydrogens is 252 g/mol. The van der Waals surface area contributed by atoms with Crippen molar-refractivity contribution in [2.24, 2.45) is 0 Å². The molecule has 20 heavy (non-hydrogen) atoms. The van der Waals surface area contributed by atoms with Crippen LogP contribution in [0.3, 0.4) is 0 Å². The molecule has 4 nitrogen and oxygen atoms in total. The second kappa shape index (κ2) is 5.81. The average Bonchev–Trinajstić information content (AvgIpc) is 3.01. The molecule has 0 spiro atoms. The third kappa shape index (κ3) is 2.94. The Kier molecular flexibility index (Phi) is 3.90. The lowest BCUT2D eigenvalue weighted by molar-refractivity contribution is -0.122. The van der Waals surface area contributed by atoms with Crippen LogP contribution in [0.2, 0.25) is 0 Å². The van der Waals surface area contributed by atoms with Gasteiger partial charge in [-0.25, -0.2) is 0 Å². The number of ketones is 1. The fourth-order valence-corrected chi connectivity index (χ4v) is 3.34. The van der Waals surface area contributed by atoms with Gasteiger partial charge in [-0.3, -0.25) is 9.59 Å². The predicted octanol–water partition coefficient (Wildman–Crippen LogP) is 2.46. The highest BCUT2D eigenvalue weighted by atomic mass is 16.2. The lowest BCUT2D eigenvalue weighted by Crippen LogP contribution is -2.34. The Morgan fingerprint density at radius 2 is 1.90 bits per heavy atom. The van der Waals surface area contributed by atoms with Crippen LogP contribution >= 0.6 is 0 Å². The summed E-state index contributed by atoms with van der Waals surface area (Å²) >= 11 is 0. The van der Waals surface area contributed by atoms with Gasteiger partial charge in [0.15, 0.2) is 5.78 Å². The largest absolute Gasteiger partial charge is 0.352 e. The van der Waals surface area contributed by atoms with E-state index in [-0.39, 0.29) is 11.7 Å². The van der Waals surface area contributed by atoms with Gasteiger partial charge < -0.3 is 9.88 Å². The molecule has 1 N–H and O–H groups in total. The summed E-state index contributed by atoms with van der Waals surface area (Å²) in [6.07, 6.45) is 12.1. The standard InChI is InChI=1S/C16H22N2O2/c19-15-8-4-1-5-12-9-18(10-14(12)15)11-16(20)17-13-6-2-3-7-13/h9-10,13H,1-8,11H2,(H,17,20). The minimum absolute atomic E-state index is 0.0644. The molecule has 3 rings (SSSR count). The van der Waals surface area contributed by atoms with E-state index >= 15 is 0 Å². The monoisotopic (exact) mass is 274 g/mol. The summed E-state index contributed by atoms with van der Waals surface area (Å²) in [5.74, 6) is 0.293. The van der Waals surface area contributed by atoms with Gasteiger partial charge in [-0.2, -0.15) is 0 Å². The highest BCUT2D eigenvalue weighted by Crippen LogP contribution is 2.22. The molecule has 0 aliphatic heterocycles. The highest BCUT2D eigenvalue weighted by molar-refractivity contribution is 5.97. The molecule has 2 aliphatic rings. The van der Waals surface area contributed by atoms with Crippen LogP contribution < -0.4 is 5.32 Å². The molecule has 2 aliphatic carbocycles. The zero-order valence-electron chi connectivity index (χ0n) is 11.9. The number of carbonyl (C=O) groups is 2. The van der Waals surface area contributed by atoms with Crippen LogP contribution in [-0.4, -0.2) is 22.3 Å². The van der Waals surface area contributed by atoms with Crippen LogP contribution in [0.1, 0.15) is 60.9 Å². The van der Waals surface area contributed by atoms with Crippen molar-refractivity contribution in [2.45, 2.75) is 64.0 Å². The smallest absolute Gasteiger partial charge is 0.240 e. The SMILES string of the molecule is O=C(Cn1cc2c(c1)C(=O)CCCC2)NC1CCCC1. The quantitative estimate of drug-likeness (QED) is 0.861. The van der Waals surface area contributed by atoms with Crippen molar-refractivity contribution >= 4 is 11.7 Å². The van der Waals surface area contributed by atoms with E-state index < -0.39 is 0 Å². The van der Waals surface area contributed by atoms with E-state index in [1.54, 1.807) is 0 Å². The molecule has 1 heterocycles. The summed E-state index contributed by atoms with van der Waals surface area (Å²) in [4.78, 5) is 24.0. The first-order valence-electron chi connectivity index (χ1n) is 7.73. The lowest BCUT2D eigenvalue weighted by Gasteiger charge is -2.12. The van der Waals surface area contributed by atoms with E-state index in [1.165, 1.54) is 12.8 Å². The van der Waals surface area contributed by atoms with E-state index in [4.69, 9.17) is 0 Å². The van der Waals surface area contributed by atoms with Crippen LogP contribution in [0, 0.1) is 0 Å². The van der Waals surface area contributed by atoms with E-state index in [9.17, 15) is 9.59 Å². The molecule has 1 aromatic heterocycles. The maximum absolute atomic E-state index is 12.0. The maximum atomic E-state index is 12.0. The average molecular weight is 274 g/mol.